The summed E-state index contributed by atoms with van der Waals surface area (Å²) in [5.74, 6) is 1.28. The molecule has 0 saturated heterocycles. The lowest BCUT2D eigenvalue weighted by Gasteiger charge is -2.32. The van der Waals surface area contributed by atoms with Gasteiger partial charge in [0.2, 0.25) is 11.6 Å². The standard InChI is InChI=1S/C25H26N4O3/c1-25(2,3)22(17-7-9-19(10-8-17)23-27-28-24(26)32-23)18-11-13-21(14-12-18)31-16-20-6-4-5-15-29(20)30/h4-15,22H,16H2,1-3H3,(H2,26,28). The molecular formula is C25H26N4O3. The van der Waals surface area contributed by atoms with E-state index in [1.807, 2.05) is 30.3 Å². The highest BCUT2D eigenvalue weighted by atomic mass is 16.5. The number of hydrogen-bond donors (Lipinski definition) is 1. The first kappa shape index (κ1) is 21.4. The summed E-state index contributed by atoms with van der Waals surface area (Å²) in [6.07, 6.45) is 1.47. The smallest absolute Gasteiger partial charge is 0.313 e. The second-order valence-corrected chi connectivity index (χ2v) is 8.74. The number of nitrogens with zero attached hydrogens (tertiary/aromatic N) is 3. The lowest BCUT2D eigenvalue weighted by Crippen LogP contribution is -2.31. The maximum absolute atomic E-state index is 11.8. The van der Waals surface area contributed by atoms with E-state index < -0.39 is 0 Å². The second kappa shape index (κ2) is 8.70. The summed E-state index contributed by atoms with van der Waals surface area (Å²) < 4.78 is 11.9. The zero-order valence-corrected chi connectivity index (χ0v) is 18.4. The molecule has 0 fully saturated rings. The van der Waals surface area contributed by atoms with Gasteiger partial charge in [-0.2, -0.15) is 4.73 Å². The molecule has 0 amide bonds. The molecule has 1 unspecified atom stereocenters. The van der Waals surface area contributed by atoms with E-state index >= 15 is 0 Å². The summed E-state index contributed by atoms with van der Waals surface area (Å²) in [5.41, 5.74) is 9.26. The predicted octanol–water partition coefficient (Wildman–Crippen LogP) is 4.71. The molecule has 0 saturated carbocycles. The molecule has 0 radical (unpaired) electrons. The molecule has 1 atom stereocenters. The third-order valence-electron chi connectivity index (χ3n) is 5.30. The predicted molar refractivity (Wildman–Crippen MR) is 122 cm³/mol. The average Bonchev–Trinajstić information content (AvgIpc) is 3.20. The van der Waals surface area contributed by atoms with E-state index in [0.29, 0.717) is 11.6 Å². The van der Waals surface area contributed by atoms with E-state index in [9.17, 15) is 5.21 Å². The van der Waals surface area contributed by atoms with E-state index in [-0.39, 0.29) is 24.0 Å². The Balaban J connectivity index is 1.54. The van der Waals surface area contributed by atoms with Crippen molar-refractivity contribution in [3.8, 4) is 17.2 Å². The molecule has 7 heteroatoms. The zero-order chi connectivity index (χ0) is 22.7. The fourth-order valence-corrected chi connectivity index (χ4v) is 3.85. The van der Waals surface area contributed by atoms with E-state index in [2.05, 4.69) is 55.2 Å². The summed E-state index contributed by atoms with van der Waals surface area (Å²) >= 11 is 0. The Bertz CT molecular complexity index is 1180. The van der Waals surface area contributed by atoms with Crippen LogP contribution in [0.4, 0.5) is 6.01 Å². The first-order valence-corrected chi connectivity index (χ1v) is 10.4. The van der Waals surface area contributed by atoms with Crippen LogP contribution in [0.2, 0.25) is 0 Å². The molecule has 7 nitrogen and oxygen atoms in total. The lowest BCUT2D eigenvalue weighted by atomic mass is 9.72. The molecule has 2 aromatic heterocycles. The molecule has 0 bridgehead atoms. The number of benzene rings is 2. The minimum absolute atomic E-state index is 0.0169. The number of hydrogen-bond acceptors (Lipinski definition) is 6. The van der Waals surface area contributed by atoms with Gasteiger partial charge in [-0.1, -0.05) is 50.1 Å². The van der Waals surface area contributed by atoms with Crippen LogP contribution in [0, 0.1) is 10.6 Å². The van der Waals surface area contributed by atoms with Crippen LogP contribution in [0.3, 0.4) is 0 Å². The van der Waals surface area contributed by atoms with Gasteiger partial charge in [-0.25, -0.2) is 0 Å². The van der Waals surface area contributed by atoms with Crippen LogP contribution < -0.4 is 15.2 Å². The van der Waals surface area contributed by atoms with Crippen LogP contribution in [0.15, 0.2) is 77.3 Å². The van der Waals surface area contributed by atoms with Gasteiger partial charge in [-0.3, -0.25) is 0 Å². The van der Waals surface area contributed by atoms with Gasteiger partial charge in [-0.15, -0.1) is 5.10 Å². The normalized spacial score (nSPS) is 12.5. The molecule has 164 valence electrons. The molecule has 2 heterocycles. The van der Waals surface area contributed by atoms with Gasteiger partial charge < -0.3 is 20.1 Å². The highest BCUT2D eigenvalue weighted by molar-refractivity contribution is 5.54. The van der Waals surface area contributed by atoms with Crippen molar-refractivity contribution < 1.29 is 13.9 Å². The molecule has 2 aromatic carbocycles. The Hall–Kier alpha value is -3.87. The molecule has 32 heavy (non-hydrogen) atoms. The van der Waals surface area contributed by atoms with Crippen LogP contribution in [0.1, 0.15) is 43.5 Å². The minimum atomic E-state index is -0.0169. The highest BCUT2D eigenvalue weighted by Crippen LogP contribution is 2.41. The SMILES string of the molecule is CC(C)(C)C(c1ccc(OCc2cccc[n+]2[O-])cc1)c1ccc(-c2nnc(N)o2)cc1. The Labute approximate surface area is 187 Å². The van der Waals surface area contributed by atoms with Crippen LogP contribution in [-0.2, 0) is 6.61 Å². The number of nitrogens with two attached hydrogens (primary N) is 1. The quantitative estimate of drug-likeness (QED) is 0.351. The van der Waals surface area contributed by atoms with Crippen LogP contribution in [0.25, 0.3) is 11.5 Å². The maximum Gasteiger partial charge on any atom is 0.313 e. The van der Waals surface area contributed by atoms with E-state index in [1.165, 1.54) is 17.3 Å². The van der Waals surface area contributed by atoms with Crippen molar-refractivity contribution in [3.05, 3.63) is 95.0 Å². The highest BCUT2D eigenvalue weighted by Gasteiger charge is 2.28. The van der Waals surface area contributed by atoms with E-state index in [0.717, 1.165) is 16.0 Å². The molecular weight excluding hydrogens is 404 g/mol. The van der Waals surface area contributed by atoms with E-state index in [1.54, 1.807) is 12.1 Å². The summed E-state index contributed by atoms with van der Waals surface area (Å²) in [4.78, 5) is 0. The molecule has 4 rings (SSSR count). The van der Waals surface area contributed by atoms with Crippen LogP contribution in [0.5, 0.6) is 5.75 Å². The van der Waals surface area contributed by atoms with Crippen molar-refractivity contribution >= 4 is 6.01 Å². The molecule has 0 aliphatic carbocycles. The number of anilines is 1. The van der Waals surface area contributed by atoms with Crippen molar-refractivity contribution in [3.63, 3.8) is 0 Å². The topological polar surface area (TPSA) is 101 Å². The average molecular weight is 431 g/mol. The summed E-state index contributed by atoms with van der Waals surface area (Å²) in [5, 5.41) is 19.4. The largest absolute Gasteiger partial charge is 0.618 e. The van der Waals surface area contributed by atoms with Gasteiger partial charge in [0, 0.05) is 23.6 Å². The van der Waals surface area contributed by atoms with Crippen molar-refractivity contribution in [1.29, 1.82) is 0 Å². The summed E-state index contributed by atoms with van der Waals surface area (Å²) in [7, 11) is 0. The number of nitrogen functional groups attached to an aromatic ring is 1. The van der Waals surface area contributed by atoms with Gasteiger partial charge in [0.15, 0.2) is 12.8 Å². The Morgan fingerprint density at radius 2 is 1.62 bits per heavy atom. The van der Waals surface area contributed by atoms with Gasteiger partial charge in [0.1, 0.15) is 5.75 Å². The van der Waals surface area contributed by atoms with Crippen LogP contribution >= 0.6 is 0 Å². The molecule has 0 aliphatic heterocycles. The zero-order valence-electron chi connectivity index (χ0n) is 18.4. The van der Waals surface area contributed by atoms with Crippen molar-refractivity contribution in [2.45, 2.75) is 33.3 Å². The van der Waals surface area contributed by atoms with Crippen molar-refractivity contribution in [2.24, 2.45) is 5.41 Å². The third-order valence-corrected chi connectivity index (χ3v) is 5.30. The van der Waals surface area contributed by atoms with Crippen molar-refractivity contribution in [2.75, 3.05) is 5.73 Å². The van der Waals surface area contributed by atoms with Gasteiger partial charge in [0.25, 0.3) is 0 Å². The molecule has 0 spiro atoms. The Morgan fingerprint density at radius 3 is 2.19 bits per heavy atom. The Kier molecular flexibility index (Phi) is 5.81. The van der Waals surface area contributed by atoms with E-state index in [4.69, 9.17) is 14.9 Å². The molecule has 0 aliphatic rings. The monoisotopic (exact) mass is 430 g/mol. The second-order valence-electron chi connectivity index (χ2n) is 8.74. The number of aromatic nitrogens is 3. The van der Waals surface area contributed by atoms with Crippen LogP contribution in [-0.4, -0.2) is 10.2 Å². The number of rotatable bonds is 6. The fourth-order valence-electron chi connectivity index (χ4n) is 3.85. The molecule has 4 aromatic rings. The van der Waals surface area contributed by atoms with Gasteiger partial charge in [-0.05, 0) is 46.9 Å². The van der Waals surface area contributed by atoms with Gasteiger partial charge >= 0.3 is 6.01 Å². The number of pyridine rings is 1. The van der Waals surface area contributed by atoms with Crippen molar-refractivity contribution in [1.82, 2.24) is 10.2 Å². The third kappa shape index (κ3) is 4.72. The minimum Gasteiger partial charge on any atom is -0.618 e. The summed E-state index contributed by atoms with van der Waals surface area (Å²) in [6.45, 7) is 6.87. The van der Waals surface area contributed by atoms with Gasteiger partial charge in [0.05, 0.1) is 0 Å². The molecule has 2 N–H and O–H groups in total. The lowest BCUT2D eigenvalue weighted by molar-refractivity contribution is -0.616. The number of ether oxygens (including phenoxy) is 1. The first-order chi connectivity index (χ1) is 15.3. The summed E-state index contributed by atoms with van der Waals surface area (Å²) in [6, 6.07) is 21.5. The first-order valence-electron chi connectivity index (χ1n) is 10.4. The maximum atomic E-state index is 11.8. The fraction of sp³-hybridized carbons (Fsp3) is 0.240. The Morgan fingerprint density at radius 1 is 0.969 bits per heavy atom.